The number of carbonyl (C=O) groups excluding carboxylic acids is 1. The average Bonchev–Trinajstić information content (AvgIpc) is 3.41. The summed E-state index contributed by atoms with van der Waals surface area (Å²) in [4.78, 5) is 17.7. The van der Waals surface area contributed by atoms with Gasteiger partial charge in [0, 0.05) is 0 Å². The quantitative estimate of drug-likeness (QED) is 0.487. The van der Waals surface area contributed by atoms with Gasteiger partial charge in [0.1, 0.15) is 5.01 Å². The van der Waals surface area contributed by atoms with Gasteiger partial charge in [-0.25, -0.2) is 14.2 Å². The maximum atomic E-state index is 12.4. The van der Waals surface area contributed by atoms with Crippen LogP contribution in [-0.4, -0.2) is 35.5 Å². The molecule has 1 N–H and O–H groups in total. The van der Waals surface area contributed by atoms with Gasteiger partial charge in [0.05, 0.1) is 31.2 Å². The van der Waals surface area contributed by atoms with E-state index in [4.69, 9.17) is 0 Å². The minimum Gasteiger partial charge on any atom is -0.345 e. The fraction of sp³-hybridized carbons (Fsp3) is 0.150. The third kappa shape index (κ3) is 3.47. The van der Waals surface area contributed by atoms with Gasteiger partial charge >= 0.3 is 0 Å². The van der Waals surface area contributed by atoms with Gasteiger partial charge in [0.2, 0.25) is 4.96 Å². The normalized spacial score (nSPS) is 11.3. The molecule has 0 unspecified atom stereocenters. The van der Waals surface area contributed by atoms with Gasteiger partial charge in [0.15, 0.2) is 5.69 Å². The van der Waals surface area contributed by atoms with E-state index in [0.29, 0.717) is 13.1 Å². The molecule has 0 saturated carbocycles. The number of hydrogen-bond donors (Lipinski definition) is 1. The molecule has 0 spiro atoms. The van der Waals surface area contributed by atoms with E-state index in [9.17, 15) is 4.79 Å². The second-order valence-corrected chi connectivity index (χ2v) is 7.86. The second kappa shape index (κ2) is 7.10. The molecular weight excluding hydrogens is 386 g/mol. The van der Waals surface area contributed by atoms with Gasteiger partial charge in [-0.1, -0.05) is 59.0 Å². The fourth-order valence-electron chi connectivity index (χ4n) is 3.28. The molecule has 0 radical (unpaired) electrons. The van der Waals surface area contributed by atoms with Crippen LogP contribution >= 0.6 is 11.3 Å². The Morgan fingerprint density at radius 2 is 2.00 bits per heavy atom. The van der Waals surface area contributed by atoms with Gasteiger partial charge in [-0.3, -0.25) is 4.79 Å². The van der Waals surface area contributed by atoms with E-state index in [1.807, 2.05) is 31.3 Å². The lowest BCUT2D eigenvalue weighted by Gasteiger charge is -2.06. The van der Waals surface area contributed by atoms with Gasteiger partial charge < -0.3 is 5.32 Å². The van der Waals surface area contributed by atoms with Crippen LogP contribution in [0.25, 0.3) is 15.7 Å². The molecule has 2 aromatic carbocycles. The summed E-state index contributed by atoms with van der Waals surface area (Å²) in [7, 11) is 0. The zero-order valence-corrected chi connectivity index (χ0v) is 16.4. The zero-order chi connectivity index (χ0) is 19.8. The third-order valence-corrected chi connectivity index (χ3v) is 5.45. The summed E-state index contributed by atoms with van der Waals surface area (Å²) in [6.45, 7) is 2.79. The number of benzene rings is 2. The number of nitrogens with zero attached hydrogens (tertiary/aromatic N) is 6. The van der Waals surface area contributed by atoms with Crippen LogP contribution in [0, 0.1) is 6.92 Å². The van der Waals surface area contributed by atoms with Crippen molar-refractivity contribution in [3.63, 3.8) is 0 Å². The highest BCUT2D eigenvalue weighted by atomic mass is 32.1. The molecule has 8 nitrogen and oxygen atoms in total. The minimum absolute atomic E-state index is 0.278. The van der Waals surface area contributed by atoms with Crippen LogP contribution in [-0.2, 0) is 13.1 Å². The van der Waals surface area contributed by atoms with Crippen LogP contribution in [0.5, 0.6) is 0 Å². The summed E-state index contributed by atoms with van der Waals surface area (Å²) in [5.41, 5.74) is 2.15. The maximum absolute atomic E-state index is 12.4. The number of hydrogen-bond acceptors (Lipinski definition) is 6. The number of carbonyl (C=O) groups is 1. The van der Waals surface area contributed by atoms with E-state index >= 15 is 0 Å². The van der Waals surface area contributed by atoms with Crippen LogP contribution in [0.3, 0.4) is 0 Å². The predicted octanol–water partition coefficient (Wildman–Crippen LogP) is 2.82. The van der Waals surface area contributed by atoms with Crippen molar-refractivity contribution < 1.29 is 4.79 Å². The Bertz CT molecular complexity index is 1300. The first-order valence-electron chi connectivity index (χ1n) is 9.12. The largest absolute Gasteiger partial charge is 0.345 e. The van der Waals surface area contributed by atoms with Crippen LogP contribution in [0.15, 0.2) is 54.9 Å². The molecule has 1 amide bonds. The molecule has 144 valence electrons. The SMILES string of the molecule is Cc1nn2cc(CNC(=O)c3cn(Cc4cccc5ccccc45)nn3)nc2s1. The summed E-state index contributed by atoms with van der Waals surface area (Å²) in [5, 5.41) is 18.6. The van der Waals surface area contributed by atoms with Crippen LogP contribution in [0.2, 0.25) is 0 Å². The minimum atomic E-state index is -0.283. The van der Waals surface area contributed by atoms with E-state index < -0.39 is 0 Å². The zero-order valence-electron chi connectivity index (χ0n) is 15.6. The topological polar surface area (TPSA) is 90.0 Å². The Kier molecular flexibility index (Phi) is 4.28. The Balaban J connectivity index is 1.27. The summed E-state index contributed by atoms with van der Waals surface area (Å²) >= 11 is 1.51. The summed E-state index contributed by atoms with van der Waals surface area (Å²) in [5.74, 6) is -0.283. The molecule has 5 rings (SSSR count). The molecule has 0 aliphatic heterocycles. The number of nitrogens with one attached hydrogen (secondary N) is 1. The number of fused-ring (bicyclic) bond motifs is 2. The Labute approximate surface area is 169 Å². The first-order chi connectivity index (χ1) is 14.2. The molecule has 0 fully saturated rings. The number of rotatable bonds is 5. The Morgan fingerprint density at radius 1 is 1.14 bits per heavy atom. The molecule has 0 saturated heterocycles. The van der Waals surface area contributed by atoms with E-state index in [1.54, 1.807) is 15.4 Å². The lowest BCUT2D eigenvalue weighted by atomic mass is 10.0. The first kappa shape index (κ1) is 17.5. The van der Waals surface area contributed by atoms with Gasteiger partial charge in [-0.05, 0) is 23.3 Å². The van der Waals surface area contributed by atoms with Crippen molar-refractivity contribution in [2.24, 2.45) is 0 Å². The molecule has 5 aromatic rings. The van der Waals surface area contributed by atoms with Crippen molar-refractivity contribution in [1.29, 1.82) is 0 Å². The maximum Gasteiger partial charge on any atom is 0.273 e. The first-order valence-corrected chi connectivity index (χ1v) is 9.94. The monoisotopic (exact) mass is 403 g/mol. The van der Waals surface area contributed by atoms with E-state index in [1.165, 1.54) is 22.1 Å². The van der Waals surface area contributed by atoms with Crippen LogP contribution in [0.1, 0.15) is 26.8 Å². The molecule has 3 aromatic heterocycles. The number of aromatic nitrogens is 6. The van der Waals surface area contributed by atoms with E-state index in [0.717, 1.165) is 21.2 Å². The summed E-state index contributed by atoms with van der Waals surface area (Å²) in [6, 6.07) is 14.4. The van der Waals surface area contributed by atoms with Crippen molar-refractivity contribution in [1.82, 2.24) is 34.9 Å². The highest BCUT2D eigenvalue weighted by molar-refractivity contribution is 7.16. The average molecular weight is 403 g/mol. The summed E-state index contributed by atoms with van der Waals surface area (Å²) < 4.78 is 3.40. The number of aryl methyl sites for hydroxylation is 1. The van der Waals surface area contributed by atoms with Crippen molar-refractivity contribution in [2.75, 3.05) is 0 Å². The van der Waals surface area contributed by atoms with Gasteiger partial charge in [0.25, 0.3) is 5.91 Å². The standard InChI is InChI=1S/C20H17N7OS/c1-13-24-27-11-16(22-20(27)29-13)9-21-19(28)18-12-26(25-23-18)10-15-7-4-6-14-5-2-3-8-17(14)15/h2-8,11-12H,9-10H2,1H3,(H,21,28). The molecular formula is C20H17N7OS. The molecule has 0 aliphatic carbocycles. The fourth-order valence-corrected chi connectivity index (χ4v) is 4.02. The Morgan fingerprint density at radius 3 is 2.90 bits per heavy atom. The van der Waals surface area contributed by atoms with Crippen molar-refractivity contribution in [2.45, 2.75) is 20.0 Å². The van der Waals surface area contributed by atoms with Gasteiger partial charge in [-0.2, -0.15) is 5.10 Å². The van der Waals surface area contributed by atoms with Crippen LogP contribution < -0.4 is 5.32 Å². The highest BCUT2D eigenvalue weighted by Crippen LogP contribution is 2.19. The Hall–Kier alpha value is -3.59. The van der Waals surface area contributed by atoms with E-state index in [-0.39, 0.29) is 11.6 Å². The molecule has 3 heterocycles. The molecule has 9 heteroatoms. The number of imidazole rings is 1. The molecule has 0 bridgehead atoms. The van der Waals surface area contributed by atoms with Crippen molar-refractivity contribution in [3.8, 4) is 0 Å². The smallest absolute Gasteiger partial charge is 0.273 e. The molecule has 0 atom stereocenters. The third-order valence-electron chi connectivity index (χ3n) is 4.61. The lowest BCUT2D eigenvalue weighted by Crippen LogP contribution is -2.23. The molecule has 29 heavy (non-hydrogen) atoms. The predicted molar refractivity (Wildman–Crippen MR) is 110 cm³/mol. The van der Waals surface area contributed by atoms with E-state index in [2.05, 4.69) is 50.0 Å². The van der Waals surface area contributed by atoms with Gasteiger partial charge in [-0.15, -0.1) is 5.10 Å². The molecule has 0 aliphatic rings. The number of amides is 1. The van der Waals surface area contributed by atoms with Crippen molar-refractivity contribution >= 4 is 33.0 Å². The van der Waals surface area contributed by atoms with Crippen LogP contribution in [0.4, 0.5) is 0 Å². The lowest BCUT2D eigenvalue weighted by molar-refractivity contribution is 0.0945. The second-order valence-electron chi connectivity index (χ2n) is 6.70. The van der Waals surface area contributed by atoms with Crippen molar-refractivity contribution in [3.05, 3.63) is 76.8 Å². The highest BCUT2D eigenvalue weighted by Gasteiger charge is 2.13. The summed E-state index contributed by atoms with van der Waals surface area (Å²) in [6.07, 6.45) is 3.48.